The lowest BCUT2D eigenvalue weighted by Crippen LogP contribution is -1.98. The second-order valence-corrected chi connectivity index (χ2v) is 2.89. The van der Waals surface area contributed by atoms with Gasteiger partial charge in [0.2, 0.25) is 5.75 Å². The van der Waals surface area contributed by atoms with E-state index in [9.17, 15) is 15.0 Å². The van der Waals surface area contributed by atoms with Gasteiger partial charge in [-0.3, -0.25) is 0 Å². The van der Waals surface area contributed by atoms with Gasteiger partial charge in [0.05, 0.1) is 7.11 Å². The van der Waals surface area contributed by atoms with Crippen molar-refractivity contribution in [3.05, 3.63) is 17.2 Å². The van der Waals surface area contributed by atoms with Crippen LogP contribution in [0.3, 0.4) is 0 Å². The van der Waals surface area contributed by atoms with Crippen molar-refractivity contribution in [2.75, 3.05) is 7.11 Å². The van der Waals surface area contributed by atoms with E-state index in [2.05, 4.69) is 0 Å². The second kappa shape index (κ2) is 2.80. The van der Waals surface area contributed by atoms with Gasteiger partial charge in [-0.25, -0.2) is 4.79 Å². The standard InChI is InChI=1S/C9H8O5/c1-13-8-6-4(3-14-9(6)12)2-5(10)7(8)11/h2,10-11H,3H2,1H3. The SMILES string of the molecule is COc1c(O)c(O)cc2c1C(=O)OC2. The van der Waals surface area contributed by atoms with E-state index in [-0.39, 0.29) is 23.7 Å². The van der Waals surface area contributed by atoms with Crippen LogP contribution in [0.4, 0.5) is 0 Å². The molecule has 0 amide bonds. The van der Waals surface area contributed by atoms with E-state index in [4.69, 9.17) is 9.47 Å². The molecule has 1 aromatic rings. The number of hydrogen-bond donors (Lipinski definition) is 2. The number of benzene rings is 1. The average molecular weight is 196 g/mol. The lowest BCUT2D eigenvalue weighted by atomic mass is 10.1. The zero-order valence-electron chi connectivity index (χ0n) is 7.40. The number of hydrogen-bond acceptors (Lipinski definition) is 5. The Morgan fingerprint density at radius 2 is 2.21 bits per heavy atom. The highest BCUT2D eigenvalue weighted by atomic mass is 16.5. The highest BCUT2D eigenvalue weighted by Gasteiger charge is 2.29. The Kier molecular flexibility index (Phi) is 1.73. The molecule has 0 spiro atoms. The molecule has 0 fully saturated rings. The minimum atomic E-state index is -0.549. The van der Waals surface area contributed by atoms with E-state index < -0.39 is 11.7 Å². The van der Waals surface area contributed by atoms with Crippen molar-refractivity contribution in [3.8, 4) is 17.2 Å². The number of aromatic hydroxyl groups is 2. The minimum absolute atomic E-state index is 0.0394. The lowest BCUT2D eigenvalue weighted by molar-refractivity contribution is 0.0532. The monoisotopic (exact) mass is 196 g/mol. The Labute approximate surface area is 79.5 Å². The number of phenols is 2. The Morgan fingerprint density at radius 3 is 2.86 bits per heavy atom. The molecule has 74 valence electrons. The number of carbonyl (C=O) groups excluding carboxylic acids is 1. The van der Waals surface area contributed by atoms with E-state index in [1.54, 1.807) is 0 Å². The molecule has 0 radical (unpaired) electrons. The van der Waals surface area contributed by atoms with Crippen LogP contribution in [0.25, 0.3) is 0 Å². The molecule has 0 bridgehead atoms. The molecule has 0 saturated heterocycles. The molecule has 5 nitrogen and oxygen atoms in total. The molecule has 2 rings (SSSR count). The van der Waals surface area contributed by atoms with Gasteiger partial charge in [0.1, 0.15) is 12.2 Å². The van der Waals surface area contributed by atoms with Gasteiger partial charge < -0.3 is 19.7 Å². The summed E-state index contributed by atoms with van der Waals surface area (Å²) < 4.78 is 9.56. The Morgan fingerprint density at radius 1 is 1.50 bits per heavy atom. The Balaban J connectivity index is 2.73. The first-order valence-corrected chi connectivity index (χ1v) is 3.94. The molecule has 14 heavy (non-hydrogen) atoms. The summed E-state index contributed by atoms with van der Waals surface area (Å²) in [4.78, 5) is 11.2. The smallest absolute Gasteiger partial charge is 0.342 e. The normalized spacial score (nSPS) is 13.6. The largest absolute Gasteiger partial charge is 0.504 e. The average Bonchev–Trinajstić information content (AvgIpc) is 2.50. The predicted octanol–water partition coefficient (Wildman–Crippen LogP) is 0.777. The van der Waals surface area contributed by atoms with Gasteiger partial charge in [0.15, 0.2) is 11.5 Å². The first kappa shape index (κ1) is 8.68. The summed E-state index contributed by atoms with van der Waals surface area (Å²) in [7, 11) is 1.31. The Bertz CT molecular complexity index is 410. The summed E-state index contributed by atoms with van der Waals surface area (Å²) in [6, 6.07) is 1.29. The summed E-state index contributed by atoms with van der Waals surface area (Å²) in [6.07, 6.45) is 0. The third-order valence-corrected chi connectivity index (χ3v) is 2.08. The van der Waals surface area contributed by atoms with Gasteiger partial charge in [0, 0.05) is 5.56 Å². The van der Waals surface area contributed by atoms with Gasteiger partial charge >= 0.3 is 5.97 Å². The lowest BCUT2D eigenvalue weighted by Gasteiger charge is -2.07. The fourth-order valence-electron chi connectivity index (χ4n) is 1.44. The number of esters is 1. The van der Waals surface area contributed by atoms with Crippen LogP contribution in [0.5, 0.6) is 17.2 Å². The summed E-state index contributed by atoms with van der Waals surface area (Å²) in [5.41, 5.74) is 0.699. The fraction of sp³-hybridized carbons (Fsp3) is 0.222. The van der Waals surface area contributed by atoms with Crippen molar-refractivity contribution >= 4 is 5.97 Å². The number of rotatable bonds is 1. The van der Waals surface area contributed by atoms with Crippen LogP contribution in [0, 0.1) is 0 Å². The highest BCUT2D eigenvalue weighted by molar-refractivity contribution is 5.97. The van der Waals surface area contributed by atoms with E-state index in [1.165, 1.54) is 13.2 Å². The predicted molar refractivity (Wildman–Crippen MR) is 45.4 cm³/mol. The molecule has 0 atom stereocenters. The van der Waals surface area contributed by atoms with Crippen molar-refractivity contribution < 1.29 is 24.5 Å². The summed E-state index contributed by atoms with van der Waals surface area (Å²) in [5.74, 6) is -1.35. The maximum atomic E-state index is 11.2. The van der Waals surface area contributed by atoms with Crippen molar-refractivity contribution in [1.29, 1.82) is 0 Å². The van der Waals surface area contributed by atoms with Crippen molar-refractivity contribution in [2.24, 2.45) is 0 Å². The topological polar surface area (TPSA) is 76.0 Å². The third kappa shape index (κ3) is 0.985. The van der Waals surface area contributed by atoms with E-state index in [0.717, 1.165) is 0 Å². The first-order chi connectivity index (χ1) is 6.65. The fourth-order valence-corrected chi connectivity index (χ4v) is 1.44. The van der Waals surface area contributed by atoms with E-state index >= 15 is 0 Å². The molecular weight excluding hydrogens is 188 g/mol. The van der Waals surface area contributed by atoms with Crippen LogP contribution in [0.2, 0.25) is 0 Å². The van der Waals surface area contributed by atoms with Gasteiger partial charge in [0.25, 0.3) is 0 Å². The maximum Gasteiger partial charge on any atom is 0.342 e. The van der Waals surface area contributed by atoms with Crippen LogP contribution >= 0.6 is 0 Å². The number of methoxy groups -OCH3 is 1. The number of carbonyl (C=O) groups is 1. The number of cyclic esters (lactones) is 1. The van der Waals surface area contributed by atoms with Crippen molar-refractivity contribution in [1.82, 2.24) is 0 Å². The van der Waals surface area contributed by atoms with Crippen LogP contribution in [0.15, 0.2) is 6.07 Å². The van der Waals surface area contributed by atoms with Gasteiger partial charge in [-0.1, -0.05) is 0 Å². The third-order valence-electron chi connectivity index (χ3n) is 2.08. The van der Waals surface area contributed by atoms with Crippen molar-refractivity contribution in [3.63, 3.8) is 0 Å². The van der Waals surface area contributed by atoms with Crippen LogP contribution in [-0.4, -0.2) is 23.3 Å². The molecule has 0 saturated carbocycles. The van der Waals surface area contributed by atoms with Gasteiger partial charge in [-0.15, -0.1) is 0 Å². The molecule has 5 heteroatoms. The summed E-state index contributed by atoms with van der Waals surface area (Å²) in [6.45, 7) is 0.0956. The van der Waals surface area contributed by atoms with Crippen molar-refractivity contribution in [2.45, 2.75) is 6.61 Å². The van der Waals surface area contributed by atoms with E-state index in [0.29, 0.717) is 5.56 Å². The number of fused-ring (bicyclic) bond motifs is 1. The quantitative estimate of drug-likeness (QED) is 0.512. The zero-order chi connectivity index (χ0) is 10.3. The van der Waals surface area contributed by atoms with Crippen LogP contribution in [-0.2, 0) is 11.3 Å². The van der Waals surface area contributed by atoms with Crippen LogP contribution in [0.1, 0.15) is 15.9 Å². The molecule has 1 aliphatic heterocycles. The summed E-state index contributed by atoms with van der Waals surface area (Å²) >= 11 is 0. The highest BCUT2D eigenvalue weighted by Crippen LogP contribution is 2.42. The number of ether oxygens (including phenoxy) is 2. The molecule has 0 aromatic heterocycles. The maximum absolute atomic E-state index is 11.2. The molecule has 1 aliphatic rings. The molecule has 0 aliphatic carbocycles. The molecular formula is C9H8O5. The minimum Gasteiger partial charge on any atom is -0.504 e. The van der Waals surface area contributed by atoms with Gasteiger partial charge in [-0.2, -0.15) is 0 Å². The molecule has 2 N–H and O–H groups in total. The number of phenolic OH excluding ortho intramolecular Hbond substituents is 2. The first-order valence-electron chi connectivity index (χ1n) is 3.94. The second-order valence-electron chi connectivity index (χ2n) is 2.89. The van der Waals surface area contributed by atoms with E-state index in [1.807, 2.05) is 0 Å². The zero-order valence-corrected chi connectivity index (χ0v) is 7.40. The van der Waals surface area contributed by atoms with Gasteiger partial charge in [-0.05, 0) is 6.07 Å². The van der Waals surface area contributed by atoms with Crippen LogP contribution < -0.4 is 4.74 Å². The molecule has 0 unspecified atom stereocenters. The summed E-state index contributed by atoms with van der Waals surface area (Å²) in [5, 5.41) is 18.7. The molecule has 1 aromatic carbocycles. The Hall–Kier alpha value is -1.91. The molecule has 1 heterocycles.